The van der Waals surface area contributed by atoms with Crippen LogP contribution in [0.15, 0.2) is 25.8 Å². The van der Waals surface area contributed by atoms with Gasteiger partial charge in [-0.25, -0.2) is 0 Å². The van der Waals surface area contributed by atoms with Gasteiger partial charge in [-0.3, -0.25) is 0 Å². The van der Waals surface area contributed by atoms with Gasteiger partial charge in [0.15, 0.2) is 11.6 Å². The van der Waals surface area contributed by atoms with Crippen LogP contribution in [0, 0.1) is 6.92 Å². The van der Waals surface area contributed by atoms with Crippen LogP contribution in [0.4, 0.5) is 0 Å². The van der Waals surface area contributed by atoms with Crippen LogP contribution in [0.1, 0.15) is 23.3 Å². The fourth-order valence-electron chi connectivity index (χ4n) is 1.60. The van der Waals surface area contributed by atoms with E-state index >= 15 is 0 Å². The first kappa shape index (κ1) is 14.2. The van der Waals surface area contributed by atoms with Crippen LogP contribution >= 0.6 is 12.4 Å². The molecule has 0 fully saturated rings. The van der Waals surface area contributed by atoms with E-state index in [-0.39, 0.29) is 12.4 Å². The first-order chi connectivity index (χ1) is 9.24. The molecule has 0 unspecified atom stereocenters. The van der Waals surface area contributed by atoms with Gasteiger partial charge in [-0.2, -0.15) is 9.97 Å². The van der Waals surface area contributed by atoms with Crippen LogP contribution in [-0.2, 0) is 13.0 Å². The molecule has 0 radical (unpaired) electrons. The summed E-state index contributed by atoms with van der Waals surface area (Å²) in [6.45, 7) is 2.04. The first-order valence-corrected chi connectivity index (χ1v) is 5.64. The van der Waals surface area contributed by atoms with Crippen molar-refractivity contribution in [3.05, 3.63) is 35.6 Å². The maximum atomic E-state index is 5.46. The quantitative estimate of drug-likeness (QED) is 0.769. The molecule has 3 aromatic heterocycles. The highest BCUT2D eigenvalue weighted by molar-refractivity contribution is 5.85. The van der Waals surface area contributed by atoms with Crippen molar-refractivity contribution >= 4 is 12.4 Å². The topological polar surface area (TPSA) is 117 Å². The lowest BCUT2D eigenvalue weighted by Crippen LogP contribution is -1.93. The highest BCUT2D eigenvalue weighted by Crippen LogP contribution is 2.20. The van der Waals surface area contributed by atoms with Gasteiger partial charge in [0.2, 0.25) is 5.89 Å². The molecule has 106 valence electrons. The van der Waals surface area contributed by atoms with Crippen LogP contribution in [0.3, 0.4) is 0 Å². The number of nitrogens with zero attached hydrogens (tertiary/aromatic N) is 4. The summed E-state index contributed by atoms with van der Waals surface area (Å²) in [5, 5.41) is 7.62. The Morgan fingerprint density at radius 1 is 1.15 bits per heavy atom. The van der Waals surface area contributed by atoms with Gasteiger partial charge in [0.1, 0.15) is 12.0 Å². The minimum absolute atomic E-state index is 0. The summed E-state index contributed by atoms with van der Waals surface area (Å²) in [7, 11) is 0. The van der Waals surface area contributed by atoms with Gasteiger partial charge < -0.3 is 19.2 Å². The van der Waals surface area contributed by atoms with Crippen molar-refractivity contribution in [3.63, 3.8) is 0 Å². The number of hydrogen-bond acceptors (Lipinski definition) is 8. The molecular weight excluding hydrogens is 286 g/mol. The van der Waals surface area contributed by atoms with Crippen LogP contribution in [0.2, 0.25) is 0 Å². The molecule has 0 aliphatic rings. The molecule has 3 aromatic rings. The average molecular weight is 298 g/mol. The summed E-state index contributed by atoms with van der Waals surface area (Å²) < 4.78 is 15.2. The van der Waals surface area contributed by atoms with Crippen molar-refractivity contribution in [1.82, 2.24) is 20.3 Å². The summed E-state index contributed by atoms with van der Waals surface area (Å²) in [4.78, 5) is 8.30. The molecule has 0 saturated carbocycles. The Kier molecular flexibility index (Phi) is 4.16. The summed E-state index contributed by atoms with van der Waals surface area (Å²) >= 11 is 0. The average Bonchev–Trinajstić information content (AvgIpc) is 3.10. The number of aromatic nitrogens is 4. The molecule has 0 aromatic carbocycles. The van der Waals surface area contributed by atoms with E-state index in [0.29, 0.717) is 47.7 Å². The van der Waals surface area contributed by atoms with E-state index in [1.54, 1.807) is 13.0 Å². The molecule has 0 atom stereocenters. The molecule has 0 amide bonds. The second kappa shape index (κ2) is 5.85. The van der Waals surface area contributed by atoms with Crippen molar-refractivity contribution < 1.29 is 13.5 Å². The predicted octanol–water partition coefficient (Wildman–Crippen LogP) is 1.49. The molecule has 9 heteroatoms. The highest BCUT2D eigenvalue weighted by Gasteiger charge is 2.14. The Labute approximate surface area is 119 Å². The van der Waals surface area contributed by atoms with Crippen molar-refractivity contribution in [2.45, 2.75) is 19.9 Å². The molecule has 3 rings (SSSR count). The van der Waals surface area contributed by atoms with Crippen molar-refractivity contribution in [2.75, 3.05) is 0 Å². The molecule has 0 saturated heterocycles. The molecule has 2 N–H and O–H groups in total. The first-order valence-electron chi connectivity index (χ1n) is 5.64. The van der Waals surface area contributed by atoms with Gasteiger partial charge in [-0.05, 0) is 6.07 Å². The summed E-state index contributed by atoms with van der Waals surface area (Å²) in [6.07, 6.45) is 1.88. The van der Waals surface area contributed by atoms with Gasteiger partial charge >= 0.3 is 0 Å². The molecular formula is C11H12ClN5O3. The number of nitrogens with two attached hydrogens (primary N) is 1. The van der Waals surface area contributed by atoms with Crippen LogP contribution in [0.25, 0.3) is 11.5 Å². The van der Waals surface area contributed by atoms with E-state index in [9.17, 15) is 0 Å². The number of furan rings is 1. The van der Waals surface area contributed by atoms with E-state index in [1.807, 2.05) is 0 Å². The molecule has 0 aliphatic heterocycles. The number of hydrogen-bond donors (Lipinski definition) is 1. The highest BCUT2D eigenvalue weighted by atomic mass is 35.5. The van der Waals surface area contributed by atoms with E-state index in [0.717, 1.165) is 0 Å². The zero-order valence-corrected chi connectivity index (χ0v) is 11.4. The van der Waals surface area contributed by atoms with E-state index < -0.39 is 0 Å². The standard InChI is InChI=1S/C11H11N5O3.ClH/c1-6-13-9(15-18-6)3-10-14-11(19-16-10)7-2-8(4-12)17-5-7;/h2,5H,3-4,12H2,1H3;1H. The lowest BCUT2D eigenvalue weighted by atomic mass is 10.3. The fourth-order valence-corrected chi connectivity index (χ4v) is 1.60. The Hall–Kier alpha value is -2.19. The van der Waals surface area contributed by atoms with Gasteiger partial charge in [0.25, 0.3) is 5.89 Å². The minimum atomic E-state index is 0. The summed E-state index contributed by atoms with van der Waals surface area (Å²) in [5.74, 6) is 2.52. The molecule has 0 spiro atoms. The van der Waals surface area contributed by atoms with Crippen molar-refractivity contribution in [1.29, 1.82) is 0 Å². The SMILES string of the molecule is Cc1nc(Cc2noc(-c3coc(CN)c3)n2)no1.Cl. The largest absolute Gasteiger partial charge is 0.467 e. The molecule has 0 aliphatic carbocycles. The maximum absolute atomic E-state index is 5.46. The number of rotatable bonds is 4. The fraction of sp³-hybridized carbons (Fsp3) is 0.273. The van der Waals surface area contributed by atoms with Crippen molar-refractivity contribution in [2.24, 2.45) is 5.73 Å². The molecule has 8 nitrogen and oxygen atoms in total. The summed E-state index contributed by atoms with van der Waals surface area (Å²) in [5.41, 5.74) is 6.16. The molecule has 3 heterocycles. The Morgan fingerprint density at radius 2 is 1.90 bits per heavy atom. The van der Waals surface area contributed by atoms with Gasteiger partial charge in [-0.1, -0.05) is 10.3 Å². The molecule has 0 bridgehead atoms. The third-order valence-electron chi connectivity index (χ3n) is 2.46. The van der Waals surface area contributed by atoms with Gasteiger partial charge in [-0.15, -0.1) is 12.4 Å². The van der Waals surface area contributed by atoms with Crippen LogP contribution in [0.5, 0.6) is 0 Å². The lowest BCUT2D eigenvalue weighted by Gasteiger charge is -1.84. The van der Waals surface area contributed by atoms with E-state index in [2.05, 4.69) is 20.3 Å². The maximum Gasteiger partial charge on any atom is 0.261 e. The Morgan fingerprint density at radius 3 is 2.55 bits per heavy atom. The number of halogens is 1. The third-order valence-corrected chi connectivity index (χ3v) is 2.46. The van der Waals surface area contributed by atoms with Crippen molar-refractivity contribution in [3.8, 4) is 11.5 Å². The second-order valence-electron chi connectivity index (χ2n) is 3.93. The minimum Gasteiger partial charge on any atom is -0.467 e. The second-order valence-corrected chi connectivity index (χ2v) is 3.93. The predicted molar refractivity (Wildman–Crippen MR) is 69.0 cm³/mol. The lowest BCUT2D eigenvalue weighted by molar-refractivity contribution is 0.387. The van der Waals surface area contributed by atoms with E-state index in [4.69, 9.17) is 19.2 Å². The van der Waals surface area contributed by atoms with Crippen LogP contribution in [-0.4, -0.2) is 20.3 Å². The molecule has 20 heavy (non-hydrogen) atoms. The Balaban J connectivity index is 0.00000147. The van der Waals surface area contributed by atoms with Gasteiger partial charge in [0.05, 0.1) is 18.5 Å². The van der Waals surface area contributed by atoms with Crippen LogP contribution < -0.4 is 5.73 Å². The summed E-state index contributed by atoms with van der Waals surface area (Å²) in [6, 6.07) is 1.76. The zero-order chi connectivity index (χ0) is 13.2. The Bertz CT molecular complexity index is 690. The van der Waals surface area contributed by atoms with E-state index in [1.165, 1.54) is 6.26 Å². The zero-order valence-electron chi connectivity index (χ0n) is 10.6. The normalized spacial score (nSPS) is 10.5. The monoisotopic (exact) mass is 297 g/mol. The smallest absolute Gasteiger partial charge is 0.261 e. The van der Waals surface area contributed by atoms with Gasteiger partial charge in [0, 0.05) is 6.92 Å². The third kappa shape index (κ3) is 2.86. The number of aryl methyl sites for hydroxylation is 1.